The highest BCUT2D eigenvalue weighted by Crippen LogP contribution is 2.06. The number of carbonyl (C=O) groups excluding carboxylic acids is 1. The second kappa shape index (κ2) is 6.93. The van der Waals surface area contributed by atoms with E-state index in [0.29, 0.717) is 13.0 Å². The van der Waals surface area contributed by atoms with Crippen LogP contribution in [0.3, 0.4) is 0 Å². The van der Waals surface area contributed by atoms with E-state index in [9.17, 15) is 9.90 Å². The predicted molar refractivity (Wildman–Crippen MR) is 65.8 cm³/mol. The Morgan fingerprint density at radius 3 is 2.71 bits per heavy atom. The van der Waals surface area contributed by atoms with Crippen LogP contribution in [0.25, 0.3) is 0 Å². The zero-order valence-corrected chi connectivity index (χ0v) is 10.8. The fraction of sp³-hybridized carbons (Fsp3) is 0.917. The lowest BCUT2D eigenvalue weighted by Crippen LogP contribution is -2.45. The van der Waals surface area contributed by atoms with E-state index in [-0.39, 0.29) is 18.5 Å². The van der Waals surface area contributed by atoms with Crippen molar-refractivity contribution in [3.63, 3.8) is 0 Å². The molecule has 17 heavy (non-hydrogen) atoms. The molecule has 1 aliphatic heterocycles. The van der Waals surface area contributed by atoms with Crippen molar-refractivity contribution in [2.45, 2.75) is 44.8 Å². The van der Waals surface area contributed by atoms with E-state index in [1.807, 2.05) is 6.92 Å². The van der Waals surface area contributed by atoms with Crippen LogP contribution in [0.5, 0.6) is 0 Å². The van der Waals surface area contributed by atoms with Gasteiger partial charge < -0.3 is 20.5 Å². The van der Waals surface area contributed by atoms with E-state index in [4.69, 9.17) is 4.74 Å². The van der Waals surface area contributed by atoms with Crippen LogP contribution in [0, 0.1) is 0 Å². The van der Waals surface area contributed by atoms with Gasteiger partial charge >= 0.3 is 0 Å². The zero-order valence-electron chi connectivity index (χ0n) is 10.8. The van der Waals surface area contributed by atoms with E-state index < -0.39 is 5.60 Å². The molecule has 0 bridgehead atoms. The van der Waals surface area contributed by atoms with Crippen LogP contribution < -0.4 is 10.6 Å². The van der Waals surface area contributed by atoms with Crippen LogP contribution in [-0.2, 0) is 9.53 Å². The lowest BCUT2D eigenvalue weighted by molar-refractivity contribution is -0.121. The molecule has 0 aromatic carbocycles. The molecule has 1 saturated heterocycles. The molecule has 3 N–H and O–H groups in total. The topological polar surface area (TPSA) is 70.6 Å². The van der Waals surface area contributed by atoms with Gasteiger partial charge in [-0.15, -0.1) is 0 Å². The van der Waals surface area contributed by atoms with Gasteiger partial charge in [0.15, 0.2) is 0 Å². The number of hydrogen-bond donors (Lipinski definition) is 3. The maximum Gasteiger partial charge on any atom is 0.234 e. The van der Waals surface area contributed by atoms with Crippen LogP contribution in [0.15, 0.2) is 0 Å². The average molecular weight is 244 g/mol. The number of amides is 1. The molecular weight excluding hydrogens is 220 g/mol. The van der Waals surface area contributed by atoms with Crippen LogP contribution >= 0.6 is 0 Å². The van der Waals surface area contributed by atoms with Crippen LogP contribution in [0.2, 0.25) is 0 Å². The highest BCUT2D eigenvalue weighted by molar-refractivity contribution is 5.78. The number of rotatable bonds is 6. The number of ether oxygens (including phenoxy) is 1. The highest BCUT2D eigenvalue weighted by atomic mass is 16.5. The Kier molecular flexibility index (Phi) is 5.88. The first-order valence-corrected chi connectivity index (χ1v) is 6.34. The molecule has 5 nitrogen and oxygen atoms in total. The van der Waals surface area contributed by atoms with Crippen molar-refractivity contribution in [3.8, 4) is 0 Å². The summed E-state index contributed by atoms with van der Waals surface area (Å²) < 4.78 is 5.22. The second-order valence-electron chi connectivity index (χ2n) is 4.91. The van der Waals surface area contributed by atoms with Gasteiger partial charge in [0, 0.05) is 25.8 Å². The Hall–Kier alpha value is -0.650. The van der Waals surface area contributed by atoms with Gasteiger partial charge in [-0.25, -0.2) is 0 Å². The van der Waals surface area contributed by atoms with Gasteiger partial charge in [0.05, 0.1) is 12.1 Å². The van der Waals surface area contributed by atoms with Crippen LogP contribution in [0.1, 0.15) is 33.1 Å². The van der Waals surface area contributed by atoms with Crippen molar-refractivity contribution in [2.24, 2.45) is 0 Å². The minimum absolute atomic E-state index is 0.0104. The Morgan fingerprint density at radius 2 is 2.12 bits per heavy atom. The maximum absolute atomic E-state index is 11.6. The number of nitrogens with one attached hydrogen (secondary N) is 2. The van der Waals surface area contributed by atoms with E-state index in [2.05, 4.69) is 10.6 Å². The van der Waals surface area contributed by atoms with Crippen LogP contribution in [0.4, 0.5) is 0 Å². The van der Waals surface area contributed by atoms with Gasteiger partial charge in [0.25, 0.3) is 0 Å². The Bertz CT molecular complexity index is 238. The minimum Gasteiger partial charge on any atom is -0.389 e. The van der Waals surface area contributed by atoms with Gasteiger partial charge in [0.1, 0.15) is 0 Å². The van der Waals surface area contributed by atoms with Crippen molar-refractivity contribution in [1.82, 2.24) is 10.6 Å². The molecule has 0 saturated carbocycles. The molecule has 0 aromatic heterocycles. The quantitative estimate of drug-likeness (QED) is 0.616. The summed E-state index contributed by atoms with van der Waals surface area (Å²) in [6.45, 7) is 5.82. The predicted octanol–water partition coefficient (Wildman–Crippen LogP) is 0.0322. The van der Waals surface area contributed by atoms with Crippen molar-refractivity contribution in [1.29, 1.82) is 0 Å². The zero-order chi connectivity index (χ0) is 12.7. The molecule has 0 aromatic rings. The first-order chi connectivity index (χ1) is 8.03. The van der Waals surface area contributed by atoms with Gasteiger partial charge in [-0.1, -0.05) is 6.92 Å². The first-order valence-electron chi connectivity index (χ1n) is 6.34. The normalized spacial score (nSPS) is 20.9. The summed E-state index contributed by atoms with van der Waals surface area (Å²) in [5.41, 5.74) is -0.737. The monoisotopic (exact) mass is 244 g/mol. The summed E-state index contributed by atoms with van der Waals surface area (Å²) in [4.78, 5) is 11.6. The van der Waals surface area contributed by atoms with Crippen molar-refractivity contribution < 1.29 is 14.6 Å². The van der Waals surface area contributed by atoms with Gasteiger partial charge in [0.2, 0.25) is 5.91 Å². The fourth-order valence-corrected chi connectivity index (χ4v) is 1.69. The van der Waals surface area contributed by atoms with Crippen molar-refractivity contribution >= 4 is 5.91 Å². The standard InChI is InChI=1S/C12H24N2O3/c1-3-12(2,16)9-13-8-11(15)14-10-4-6-17-7-5-10/h10,13,16H,3-9H2,1-2H3,(H,14,15). The molecule has 100 valence electrons. The third-order valence-electron chi connectivity index (χ3n) is 3.14. The lowest BCUT2D eigenvalue weighted by atomic mass is 10.0. The summed E-state index contributed by atoms with van der Waals surface area (Å²) in [6.07, 6.45) is 2.44. The molecule has 1 unspecified atom stereocenters. The molecule has 1 fully saturated rings. The van der Waals surface area contributed by atoms with E-state index in [0.717, 1.165) is 26.1 Å². The summed E-state index contributed by atoms with van der Waals surface area (Å²) >= 11 is 0. The van der Waals surface area contributed by atoms with Gasteiger partial charge in [-0.05, 0) is 26.2 Å². The molecule has 1 aliphatic rings. The SMILES string of the molecule is CCC(C)(O)CNCC(=O)NC1CCOCC1. The Balaban J connectivity index is 2.12. The molecule has 1 amide bonds. The Morgan fingerprint density at radius 1 is 1.47 bits per heavy atom. The second-order valence-corrected chi connectivity index (χ2v) is 4.91. The number of carbonyl (C=O) groups is 1. The molecule has 0 spiro atoms. The number of hydrogen-bond acceptors (Lipinski definition) is 4. The molecule has 1 atom stereocenters. The van der Waals surface area contributed by atoms with E-state index >= 15 is 0 Å². The maximum atomic E-state index is 11.6. The first kappa shape index (κ1) is 14.4. The summed E-state index contributed by atoms with van der Waals surface area (Å²) in [5.74, 6) is -0.0104. The summed E-state index contributed by atoms with van der Waals surface area (Å²) in [7, 11) is 0. The lowest BCUT2D eigenvalue weighted by Gasteiger charge is -2.24. The van der Waals surface area contributed by atoms with Gasteiger partial charge in [-0.2, -0.15) is 0 Å². The fourth-order valence-electron chi connectivity index (χ4n) is 1.69. The highest BCUT2D eigenvalue weighted by Gasteiger charge is 2.18. The molecule has 0 radical (unpaired) electrons. The largest absolute Gasteiger partial charge is 0.389 e. The molecule has 1 heterocycles. The van der Waals surface area contributed by atoms with Crippen molar-refractivity contribution in [3.05, 3.63) is 0 Å². The molecule has 0 aliphatic carbocycles. The minimum atomic E-state index is -0.737. The third-order valence-corrected chi connectivity index (χ3v) is 3.14. The molecule has 5 heteroatoms. The third kappa shape index (κ3) is 6.00. The van der Waals surface area contributed by atoms with Gasteiger partial charge in [-0.3, -0.25) is 4.79 Å². The summed E-state index contributed by atoms with van der Waals surface area (Å²) in [5, 5.41) is 15.7. The molecule has 1 rings (SSSR count). The Labute approximate surface area is 103 Å². The number of aliphatic hydroxyl groups is 1. The van der Waals surface area contributed by atoms with Crippen molar-refractivity contribution in [2.75, 3.05) is 26.3 Å². The smallest absolute Gasteiger partial charge is 0.234 e. The van der Waals surface area contributed by atoms with E-state index in [1.165, 1.54) is 0 Å². The molecular formula is C12H24N2O3. The summed E-state index contributed by atoms with van der Waals surface area (Å²) in [6, 6.07) is 0.240. The van der Waals surface area contributed by atoms with Crippen LogP contribution in [-0.4, -0.2) is 49.0 Å². The average Bonchev–Trinajstić information content (AvgIpc) is 2.30. The van der Waals surface area contributed by atoms with E-state index in [1.54, 1.807) is 6.92 Å².